The summed E-state index contributed by atoms with van der Waals surface area (Å²) in [4.78, 5) is 30.5. The van der Waals surface area contributed by atoms with Crippen LogP contribution in [0.4, 0.5) is 4.39 Å². The zero-order valence-electron chi connectivity index (χ0n) is 9.63. The topological polar surface area (TPSA) is 67.8 Å². The maximum Gasteiger partial charge on any atom is 0.334 e. The number of nitrogens with one attached hydrogen (secondary N) is 1. The van der Waals surface area contributed by atoms with Gasteiger partial charge in [-0.2, -0.15) is 0 Å². The van der Waals surface area contributed by atoms with Crippen molar-refractivity contribution in [2.45, 2.75) is 0 Å². The van der Waals surface area contributed by atoms with Gasteiger partial charge in [0.15, 0.2) is 0 Å². The Labute approximate surface area is 106 Å². The summed E-state index contributed by atoms with van der Waals surface area (Å²) in [5.41, 5.74) is -1.41. The maximum absolute atomic E-state index is 13.5. The van der Waals surface area contributed by atoms with E-state index in [0.717, 1.165) is 4.57 Å². The van der Waals surface area contributed by atoms with Gasteiger partial charge in [-0.3, -0.25) is 4.79 Å². The lowest BCUT2D eigenvalue weighted by Gasteiger charge is -2.05. The van der Waals surface area contributed by atoms with Crippen LogP contribution in [0.2, 0.25) is 0 Å². The van der Waals surface area contributed by atoms with E-state index in [-0.39, 0.29) is 16.7 Å². The van der Waals surface area contributed by atoms with E-state index in [2.05, 4.69) is 9.97 Å². The minimum absolute atomic E-state index is 0.0929. The van der Waals surface area contributed by atoms with Crippen molar-refractivity contribution < 1.29 is 4.39 Å². The predicted octanol–water partition coefficient (Wildman–Crippen LogP) is 1.21. The molecule has 6 heteroatoms. The fourth-order valence-electron chi connectivity index (χ4n) is 1.90. The van der Waals surface area contributed by atoms with Gasteiger partial charge in [-0.05, 0) is 24.3 Å². The summed E-state index contributed by atoms with van der Waals surface area (Å²) in [5.74, 6) is -0.445. The van der Waals surface area contributed by atoms with Gasteiger partial charge in [0.05, 0.1) is 10.9 Å². The number of rotatable bonds is 1. The normalized spacial score (nSPS) is 10.8. The van der Waals surface area contributed by atoms with Crippen LogP contribution in [0.5, 0.6) is 0 Å². The lowest BCUT2D eigenvalue weighted by molar-refractivity contribution is 0.635. The first-order chi connectivity index (χ1) is 9.18. The van der Waals surface area contributed by atoms with Crippen LogP contribution in [-0.2, 0) is 0 Å². The summed E-state index contributed by atoms with van der Waals surface area (Å²) >= 11 is 0. The Hall–Kier alpha value is -2.76. The zero-order chi connectivity index (χ0) is 13.4. The molecule has 3 aromatic rings. The van der Waals surface area contributed by atoms with Crippen molar-refractivity contribution in [2.75, 3.05) is 0 Å². The fourth-order valence-corrected chi connectivity index (χ4v) is 1.90. The summed E-state index contributed by atoms with van der Waals surface area (Å²) < 4.78 is 14.4. The van der Waals surface area contributed by atoms with E-state index in [9.17, 15) is 14.0 Å². The minimum Gasteiger partial charge on any atom is -0.304 e. The Kier molecular flexibility index (Phi) is 2.49. The van der Waals surface area contributed by atoms with Crippen molar-refractivity contribution in [3.05, 3.63) is 69.3 Å². The number of halogens is 1. The minimum atomic E-state index is -0.721. The first kappa shape index (κ1) is 11.3. The van der Waals surface area contributed by atoms with E-state index >= 15 is 0 Å². The number of H-pyrrole nitrogens is 1. The second-order valence-corrected chi connectivity index (χ2v) is 3.92. The molecule has 0 aliphatic rings. The third-order valence-electron chi connectivity index (χ3n) is 2.76. The van der Waals surface area contributed by atoms with Gasteiger partial charge < -0.3 is 4.98 Å². The molecule has 0 unspecified atom stereocenters. The molecule has 3 rings (SSSR count). The highest BCUT2D eigenvalue weighted by molar-refractivity contribution is 5.77. The molecule has 0 spiro atoms. The molecule has 94 valence electrons. The third-order valence-corrected chi connectivity index (χ3v) is 2.76. The highest BCUT2D eigenvalue weighted by Crippen LogP contribution is 2.10. The first-order valence-corrected chi connectivity index (χ1v) is 5.53. The van der Waals surface area contributed by atoms with Crippen LogP contribution in [0, 0.1) is 5.82 Å². The predicted molar refractivity (Wildman–Crippen MR) is 67.9 cm³/mol. The molecule has 0 atom stereocenters. The van der Waals surface area contributed by atoms with Gasteiger partial charge in [0.25, 0.3) is 5.56 Å². The van der Waals surface area contributed by atoms with E-state index in [1.807, 2.05) is 0 Å². The van der Waals surface area contributed by atoms with Gasteiger partial charge in [-0.1, -0.05) is 12.1 Å². The molecule has 1 aromatic carbocycles. The van der Waals surface area contributed by atoms with Crippen molar-refractivity contribution in [3.8, 4) is 5.82 Å². The molecule has 0 aliphatic carbocycles. The van der Waals surface area contributed by atoms with Crippen LogP contribution in [0.1, 0.15) is 0 Å². The third kappa shape index (κ3) is 1.74. The molecule has 2 aromatic heterocycles. The number of pyridine rings is 1. The van der Waals surface area contributed by atoms with Crippen LogP contribution < -0.4 is 11.2 Å². The molecule has 2 heterocycles. The van der Waals surface area contributed by atoms with Gasteiger partial charge in [0.2, 0.25) is 0 Å². The molecule has 0 saturated heterocycles. The van der Waals surface area contributed by atoms with Crippen LogP contribution in [0.25, 0.3) is 16.7 Å². The number of nitrogens with zero attached hydrogens (tertiary/aromatic N) is 2. The fraction of sp³-hybridized carbons (Fsp3) is 0. The summed E-state index contributed by atoms with van der Waals surface area (Å²) in [6, 6.07) is 8.91. The zero-order valence-corrected chi connectivity index (χ0v) is 9.63. The number of hydrogen-bond donors (Lipinski definition) is 1. The molecule has 0 aliphatic heterocycles. The number of fused-ring (bicyclic) bond motifs is 1. The van der Waals surface area contributed by atoms with Crippen LogP contribution in [0.3, 0.4) is 0 Å². The second-order valence-electron chi connectivity index (χ2n) is 3.92. The van der Waals surface area contributed by atoms with Crippen molar-refractivity contribution in [1.82, 2.24) is 14.5 Å². The number of benzene rings is 1. The number of para-hydroxylation sites is 1. The second kappa shape index (κ2) is 4.16. The van der Waals surface area contributed by atoms with Crippen molar-refractivity contribution >= 4 is 10.9 Å². The molecule has 0 saturated carbocycles. The van der Waals surface area contributed by atoms with Crippen LogP contribution in [0.15, 0.2) is 52.2 Å². The maximum atomic E-state index is 13.5. The summed E-state index contributed by atoms with van der Waals surface area (Å²) in [6.45, 7) is 0. The van der Waals surface area contributed by atoms with E-state index in [1.54, 1.807) is 12.1 Å². The Morgan fingerprint density at radius 3 is 2.68 bits per heavy atom. The van der Waals surface area contributed by atoms with E-state index in [4.69, 9.17) is 0 Å². The van der Waals surface area contributed by atoms with E-state index < -0.39 is 17.1 Å². The molecule has 0 fully saturated rings. The number of aromatic amines is 1. The molecule has 0 radical (unpaired) electrons. The molecule has 5 nitrogen and oxygen atoms in total. The van der Waals surface area contributed by atoms with Gasteiger partial charge in [0, 0.05) is 6.20 Å². The molecule has 0 amide bonds. The van der Waals surface area contributed by atoms with Crippen LogP contribution in [-0.4, -0.2) is 14.5 Å². The van der Waals surface area contributed by atoms with Gasteiger partial charge in [-0.25, -0.2) is 18.7 Å². The monoisotopic (exact) mass is 257 g/mol. The molecule has 19 heavy (non-hydrogen) atoms. The Morgan fingerprint density at radius 1 is 1.11 bits per heavy atom. The lowest BCUT2D eigenvalue weighted by atomic mass is 10.2. The molecule has 1 N–H and O–H groups in total. The molecular weight excluding hydrogens is 249 g/mol. The Balaban J connectivity index is 2.47. The molecule has 0 bridgehead atoms. The SMILES string of the molecule is O=c1[nH]c2c(F)cccc2c(=O)n1-c1ccccn1. The highest BCUT2D eigenvalue weighted by atomic mass is 19.1. The van der Waals surface area contributed by atoms with Gasteiger partial charge in [-0.15, -0.1) is 0 Å². The quantitative estimate of drug-likeness (QED) is 0.712. The number of aromatic nitrogens is 3. The standard InChI is InChI=1S/C13H8FN3O2/c14-9-5-3-4-8-11(9)16-13(19)17(12(8)18)10-6-1-2-7-15-10/h1-7H,(H,16,19). The van der Waals surface area contributed by atoms with Crippen molar-refractivity contribution in [3.63, 3.8) is 0 Å². The van der Waals surface area contributed by atoms with E-state index in [0.29, 0.717) is 0 Å². The van der Waals surface area contributed by atoms with Crippen molar-refractivity contribution in [2.24, 2.45) is 0 Å². The van der Waals surface area contributed by atoms with Gasteiger partial charge >= 0.3 is 5.69 Å². The number of hydrogen-bond acceptors (Lipinski definition) is 3. The van der Waals surface area contributed by atoms with Crippen molar-refractivity contribution in [1.29, 1.82) is 0 Å². The summed E-state index contributed by atoms with van der Waals surface area (Å²) in [6.07, 6.45) is 1.47. The average Bonchev–Trinajstić information content (AvgIpc) is 2.41. The first-order valence-electron chi connectivity index (χ1n) is 5.53. The Morgan fingerprint density at radius 2 is 1.95 bits per heavy atom. The highest BCUT2D eigenvalue weighted by Gasteiger charge is 2.11. The smallest absolute Gasteiger partial charge is 0.304 e. The largest absolute Gasteiger partial charge is 0.334 e. The lowest BCUT2D eigenvalue weighted by Crippen LogP contribution is -2.34. The van der Waals surface area contributed by atoms with Crippen LogP contribution >= 0.6 is 0 Å². The molecular formula is C13H8FN3O2. The van der Waals surface area contributed by atoms with E-state index in [1.165, 1.54) is 30.5 Å². The van der Waals surface area contributed by atoms with Gasteiger partial charge in [0.1, 0.15) is 11.6 Å². The summed E-state index contributed by atoms with van der Waals surface area (Å²) in [5, 5.41) is 0.102. The summed E-state index contributed by atoms with van der Waals surface area (Å²) in [7, 11) is 0. The average molecular weight is 257 g/mol. The Bertz CT molecular complexity index is 868.